The number of aliphatic hydroxyl groups excluding tert-OH is 1. The molecule has 0 saturated heterocycles. The van der Waals surface area contributed by atoms with E-state index < -0.39 is 16.1 Å². The first-order valence-corrected chi connectivity index (χ1v) is 15.1. The van der Waals surface area contributed by atoms with Crippen LogP contribution >= 0.6 is 0 Å². The van der Waals surface area contributed by atoms with E-state index >= 15 is 0 Å². The van der Waals surface area contributed by atoms with E-state index in [0.717, 1.165) is 31.2 Å². The van der Waals surface area contributed by atoms with Crippen molar-refractivity contribution in [2.75, 3.05) is 24.1 Å². The summed E-state index contributed by atoms with van der Waals surface area (Å²) in [4.78, 5) is 2.37. The van der Waals surface area contributed by atoms with Crippen LogP contribution in [0.3, 0.4) is 0 Å². The van der Waals surface area contributed by atoms with Crippen LogP contribution in [0.2, 0.25) is 0 Å². The molecule has 0 heterocycles. The minimum absolute atomic E-state index is 0.0978. The zero-order valence-corrected chi connectivity index (χ0v) is 22.8. The number of ether oxygens (including phenoxy) is 2. The van der Waals surface area contributed by atoms with Crippen LogP contribution in [0.25, 0.3) is 0 Å². The summed E-state index contributed by atoms with van der Waals surface area (Å²) in [6.45, 7) is 1.70. The largest absolute Gasteiger partial charge is 0.491 e. The van der Waals surface area contributed by atoms with Crippen molar-refractivity contribution >= 4 is 15.7 Å². The van der Waals surface area contributed by atoms with E-state index in [-0.39, 0.29) is 6.61 Å². The zero-order valence-electron chi connectivity index (χ0n) is 22.0. The molecule has 0 amide bonds. The molecule has 8 heteroatoms. The van der Waals surface area contributed by atoms with Crippen LogP contribution in [0.15, 0.2) is 78.9 Å². The van der Waals surface area contributed by atoms with E-state index in [9.17, 15) is 13.5 Å². The van der Waals surface area contributed by atoms with Crippen molar-refractivity contribution < 1.29 is 23.0 Å². The molecule has 1 saturated carbocycles. The maximum atomic E-state index is 12.0. The summed E-state index contributed by atoms with van der Waals surface area (Å²) >= 11 is 0. The number of hydrogen-bond acceptors (Lipinski definition) is 6. The standard InChI is InChI=1S/C30H38N2O5S/c1-38(34,35)31-29-19-28(17-18-30(29)37-22-25-13-7-3-8-14-25)36-23-27(33)21-32(26-15-9-4-10-16-26)20-24-11-5-2-6-12-24/h2-3,5-8,11-14,17-19,26-27,31,33H,4,9-10,15-16,20-23H2,1H3/t27-/m0/s1. The average molecular weight is 539 g/mol. The molecule has 1 aliphatic carbocycles. The van der Waals surface area contributed by atoms with Crippen LogP contribution in [0.1, 0.15) is 43.2 Å². The highest BCUT2D eigenvalue weighted by atomic mass is 32.2. The molecule has 0 aromatic heterocycles. The second-order valence-corrected chi connectivity index (χ2v) is 11.7. The lowest BCUT2D eigenvalue weighted by atomic mass is 9.93. The van der Waals surface area contributed by atoms with E-state index in [1.165, 1.54) is 24.8 Å². The Morgan fingerprint density at radius 3 is 2.24 bits per heavy atom. The van der Waals surface area contributed by atoms with E-state index in [0.29, 0.717) is 36.4 Å². The number of benzene rings is 3. The fraction of sp³-hybridized carbons (Fsp3) is 0.400. The van der Waals surface area contributed by atoms with Crippen molar-refractivity contribution in [1.29, 1.82) is 0 Å². The van der Waals surface area contributed by atoms with Crippen LogP contribution < -0.4 is 14.2 Å². The quantitative estimate of drug-likeness (QED) is 0.311. The molecular weight excluding hydrogens is 500 g/mol. The first kappa shape index (κ1) is 28.0. The smallest absolute Gasteiger partial charge is 0.229 e. The van der Waals surface area contributed by atoms with Gasteiger partial charge in [-0.2, -0.15) is 0 Å². The molecule has 4 rings (SSSR count). The summed E-state index contributed by atoms with van der Waals surface area (Å²) in [6.07, 6.45) is 6.40. The Morgan fingerprint density at radius 2 is 1.58 bits per heavy atom. The first-order chi connectivity index (χ1) is 18.4. The van der Waals surface area contributed by atoms with Gasteiger partial charge in [-0.1, -0.05) is 79.9 Å². The molecule has 38 heavy (non-hydrogen) atoms. The highest BCUT2D eigenvalue weighted by Gasteiger charge is 2.24. The predicted molar refractivity (Wildman–Crippen MR) is 151 cm³/mol. The number of rotatable bonds is 13. The van der Waals surface area contributed by atoms with Crippen molar-refractivity contribution in [2.45, 2.75) is 57.4 Å². The lowest BCUT2D eigenvalue weighted by Crippen LogP contribution is -2.42. The number of anilines is 1. The fourth-order valence-corrected chi connectivity index (χ4v) is 5.42. The van der Waals surface area contributed by atoms with E-state index in [4.69, 9.17) is 9.47 Å². The summed E-state index contributed by atoms with van der Waals surface area (Å²) in [5.41, 5.74) is 2.50. The first-order valence-electron chi connectivity index (χ1n) is 13.2. The van der Waals surface area contributed by atoms with E-state index in [2.05, 4.69) is 21.8 Å². The van der Waals surface area contributed by atoms with E-state index in [1.807, 2.05) is 48.5 Å². The highest BCUT2D eigenvalue weighted by Crippen LogP contribution is 2.31. The SMILES string of the molecule is CS(=O)(=O)Nc1cc(OC[C@@H](O)CN(Cc2ccccc2)C2CCCCC2)ccc1OCc1ccccc1. The van der Waals surface area contributed by atoms with Crippen molar-refractivity contribution in [2.24, 2.45) is 0 Å². The van der Waals surface area contributed by atoms with Crippen LogP contribution in [-0.4, -0.2) is 50.0 Å². The van der Waals surface area contributed by atoms with Crippen LogP contribution in [0.5, 0.6) is 11.5 Å². The number of nitrogens with one attached hydrogen (secondary N) is 1. The van der Waals surface area contributed by atoms with Crippen molar-refractivity contribution in [3.05, 3.63) is 90.0 Å². The summed E-state index contributed by atoms with van der Waals surface area (Å²) < 4.78 is 38.3. The molecule has 7 nitrogen and oxygen atoms in total. The van der Waals surface area contributed by atoms with Gasteiger partial charge in [-0.3, -0.25) is 9.62 Å². The molecule has 0 aliphatic heterocycles. The molecule has 204 valence electrons. The van der Waals surface area contributed by atoms with Crippen LogP contribution in [-0.2, 0) is 23.2 Å². The Balaban J connectivity index is 1.39. The summed E-state index contributed by atoms with van der Waals surface area (Å²) in [7, 11) is -3.53. The van der Waals surface area contributed by atoms with Gasteiger partial charge in [0.25, 0.3) is 0 Å². The molecule has 2 N–H and O–H groups in total. The van der Waals surface area contributed by atoms with Crippen molar-refractivity contribution in [1.82, 2.24) is 4.90 Å². The molecule has 0 bridgehead atoms. The molecule has 1 aliphatic rings. The summed E-state index contributed by atoms with van der Waals surface area (Å²) in [6, 6.07) is 25.5. The van der Waals surface area contributed by atoms with E-state index in [1.54, 1.807) is 18.2 Å². The minimum Gasteiger partial charge on any atom is -0.491 e. The molecule has 0 unspecified atom stereocenters. The molecule has 3 aromatic carbocycles. The molecule has 1 fully saturated rings. The maximum Gasteiger partial charge on any atom is 0.229 e. The van der Waals surface area contributed by atoms with Gasteiger partial charge in [0.15, 0.2) is 0 Å². The third kappa shape index (κ3) is 9.04. The van der Waals surface area contributed by atoms with Gasteiger partial charge in [0.05, 0.1) is 11.9 Å². The number of nitrogens with zero attached hydrogens (tertiary/aromatic N) is 1. The summed E-state index contributed by atoms with van der Waals surface area (Å²) in [5, 5.41) is 10.9. The Hall–Kier alpha value is -3.07. The average Bonchev–Trinajstić information content (AvgIpc) is 2.92. The third-order valence-corrected chi connectivity index (χ3v) is 7.28. The second kappa shape index (κ2) is 13.6. The second-order valence-electron chi connectivity index (χ2n) is 9.98. The van der Waals surface area contributed by atoms with Gasteiger partial charge in [0.1, 0.15) is 30.8 Å². The maximum absolute atomic E-state index is 12.0. The number of aliphatic hydroxyl groups is 1. The number of hydrogen-bond donors (Lipinski definition) is 2. The topological polar surface area (TPSA) is 88.1 Å². The van der Waals surface area contributed by atoms with Crippen molar-refractivity contribution in [3.63, 3.8) is 0 Å². The number of sulfonamides is 1. The van der Waals surface area contributed by atoms with Crippen molar-refractivity contribution in [3.8, 4) is 11.5 Å². The van der Waals surface area contributed by atoms with Crippen LogP contribution in [0.4, 0.5) is 5.69 Å². The Labute approximate surface area is 226 Å². The van der Waals surface area contributed by atoms with Gasteiger partial charge in [-0.05, 0) is 36.1 Å². The fourth-order valence-electron chi connectivity index (χ4n) is 4.86. The molecule has 0 spiro atoms. The summed E-state index contributed by atoms with van der Waals surface area (Å²) in [5.74, 6) is 0.855. The minimum atomic E-state index is -3.53. The van der Waals surface area contributed by atoms with Gasteiger partial charge < -0.3 is 14.6 Å². The lowest BCUT2D eigenvalue weighted by molar-refractivity contribution is 0.0398. The molecule has 0 radical (unpaired) electrons. The monoisotopic (exact) mass is 538 g/mol. The predicted octanol–water partition coefficient (Wildman–Crippen LogP) is 5.21. The Bertz CT molecular complexity index is 1230. The van der Waals surface area contributed by atoms with Gasteiger partial charge >= 0.3 is 0 Å². The van der Waals surface area contributed by atoms with Crippen LogP contribution in [0, 0.1) is 0 Å². The van der Waals surface area contributed by atoms with Gasteiger partial charge in [-0.25, -0.2) is 8.42 Å². The Kier molecular flexibility index (Phi) is 10.0. The van der Waals surface area contributed by atoms with Gasteiger partial charge in [0.2, 0.25) is 10.0 Å². The van der Waals surface area contributed by atoms with Gasteiger partial charge in [0, 0.05) is 25.2 Å². The molecule has 1 atom stereocenters. The lowest BCUT2D eigenvalue weighted by Gasteiger charge is -2.35. The normalized spacial score (nSPS) is 15.2. The van der Waals surface area contributed by atoms with Gasteiger partial charge in [-0.15, -0.1) is 0 Å². The zero-order chi connectivity index (χ0) is 26.8. The molecular formula is C30H38N2O5S. The highest BCUT2D eigenvalue weighted by molar-refractivity contribution is 7.92. The molecule has 3 aromatic rings. The Morgan fingerprint density at radius 1 is 0.921 bits per heavy atom. The third-order valence-electron chi connectivity index (χ3n) is 6.69.